The maximum Gasteiger partial charge on any atom is 0.338 e. The number of esters is 1. The second-order valence-electron chi connectivity index (χ2n) is 5.86. The number of carbonyl (C=O) groups is 2. The predicted octanol–water partition coefficient (Wildman–Crippen LogP) is 2.09. The molecule has 0 saturated heterocycles. The quantitative estimate of drug-likeness (QED) is 0.513. The third kappa shape index (κ3) is 5.30. The maximum atomic E-state index is 12.4. The number of amides is 1. The van der Waals surface area contributed by atoms with Crippen molar-refractivity contribution in [1.29, 1.82) is 0 Å². The molecule has 2 aromatic carbocycles. The predicted molar refractivity (Wildman–Crippen MR) is 106 cm³/mol. The van der Waals surface area contributed by atoms with E-state index in [1.165, 1.54) is 40.7 Å². The highest BCUT2D eigenvalue weighted by Crippen LogP contribution is 2.18. The Morgan fingerprint density at radius 1 is 1.00 bits per heavy atom. The van der Waals surface area contributed by atoms with Crippen molar-refractivity contribution in [3.8, 4) is 0 Å². The summed E-state index contributed by atoms with van der Waals surface area (Å²) in [5.41, 5.74) is 6.74. The summed E-state index contributed by atoms with van der Waals surface area (Å²) in [7, 11) is -3.56. The van der Waals surface area contributed by atoms with Crippen LogP contribution in [0.2, 0.25) is 0 Å². The first-order valence-corrected chi connectivity index (χ1v) is 10.1. The summed E-state index contributed by atoms with van der Waals surface area (Å²) in [6, 6.07) is 11.9. The van der Waals surface area contributed by atoms with Gasteiger partial charge in [-0.3, -0.25) is 4.79 Å². The van der Waals surface area contributed by atoms with Crippen LogP contribution in [-0.2, 0) is 19.6 Å². The lowest BCUT2D eigenvalue weighted by atomic mass is 10.2. The molecule has 0 bridgehead atoms. The van der Waals surface area contributed by atoms with Crippen LogP contribution in [0.4, 0.5) is 11.4 Å². The van der Waals surface area contributed by atoms with E-state index in [1.54, 1.807) is 26.0 Å². The highest BCUT2D eigenvalue weighted by molar-refractivity contribution is 7.89. The van der Waals surface area contributed by atoms with Crippen molar-refractivity contribution in [3.63, 3.8) is 0 Å². The molecule has 0 aromatic heterocycles. The minimum atomic E-state index is -3.56. The number of nitrogen functional groups attached to an aromatic ring is 1. The number of nitrogens with one attached hydrogen (secondary N) is 1. The van der Waals surface area contributed by atoms with Gasteiger partial charge in [-0.25, -0.2) is 13.2 Å². The van der Waals surface area contributed by atoms with Gasteiger partial charge in [0.15, 0.2) is 6.61 Å². The van der Waals surface area contributed by atoms with Crippen molar-refractivity contribution in [2.24, 2.45) is 0 Å². The van der Waals surface area contributed by atoms with E-state index >= 15 is 0 Å². The number of nitrogens with zero attached hydrogens (tertiary/aromatic N) is 1. The van der Waals surface area contributed by atoms with Gasteiger partial charge in [-0.05, 0) is 48.5 Å². The van der Waals surface area contributed by atoms with Gasteiger partial charge in [-0.2, -0.15) is 4.31 Å². The van der Waals surface area contributed by atoms with Gasteiger partial charge in [0.1, 0.15) is 0 Å². The SMILES string of the molecule is CCN(CC)S(=O)(=O)c1ccc(NC(=O)COC(=O)c2ccc(N)cc2)cc1. The fourth-order valence-electron chi connectivity index (χ4n) is 2.45. The summed E-state index contributed by atoms with van der Waals surface area (Å²) < 4.78 is 31.2. The molecule has 0 saturated carbocycles. The van der Waals surface area contributed by atoms with Gasteiger partial charge < -0.3 is 15.8 Å². The maximum absolute atomic E-state index is 12.4. The molecule has 2 aromatic rings. The lowest BCUT2D eigenvalue weighted by molar-refractivity contribution is -0.119. The molecule has 9 heteroatoms. The molecule has 28 heavy (non-hydrogen) atoms. The molecule has 3 N–H and O–H groups in total. The fourth-order valence-corrected chi connectivity index (χ4v) is 3.91. The van der Waals surface area contributed by atoms with Gasteiger partial charge in [0.25, 0.3) is 5.91 Å². The fraction of sp³-hybridized carbons (Fsp3) is 0.263. The number of rotatable bonds is 8. The summed E-state index contributed by atoms with van der Waals surface area (Å²) in [5.74, 6) is -1.18. The molecular weight excluding hydrogens is 382 g/mol. The number of benzene rings is 2. The molecule has 0 fully saturated rings. The number of ether oxygens (including phenoxy) is 1. The van der Waals surface area contributed by atoms with Crippen LogP contribution in [0, 0.1) is 0 Å². The zero-order valence-electron chi connectivity index (χ0n) is 15.7. The number of hydrogen-bond donors (Lipinski definition) is 2. The lowest BCUT2D eigenvalue weighted by Gasteiger charge is -2.18. The van der Waals surface area contributed by atoms with Crippen molar-refractivity contribution in [2.45, 2.75) is 18.7 Å². The first-order chi connectivity index (χ1) is 13.3. The minimum absolute atomic E-state index is 0.143. The highest BCUT2D eigenvalue weighted by atomic mass is 32.2. The molecule has 8 nitrogen and oxygen atoms in total. The normalized spacial score (nSPS) is 11.2. The van der Waals surface area contributed by atoms with Crippen LogP contribution < -0.4 is 11.1 Å². The largest absolute Gasteiger partial charge is 0.452 e. The number of nitrogens with two attached hydrogens (primary N) is 1. The Bertz CT molecular complexity index is 921. The zero-order chi connectivity index (χ0) is 20.7. The summed E-state index contributed by atoms with van der Waals surface area (Å²) in [4.78, 5) is 24.0. The molecule has 0 atom stereocenters. The van der Waals surface area contributed by atoms with Crippen molar-refractivity contribution in [3.05, 3.63) is 54.1 Å². The first kappa shape index (κ1) is 21.4. The molecule has 0 unspecified atom stereocenters. The third-order valence-corrected chi connectivity index (χ3v) is 6.03. The van der Waals surface area contributed by atoms with Crippen molar-refractivity contribution < 1.29 is 22.7 Å². The Morgan fingerprint density at radius 2 is 1.57 bits per heavy atom. The molecule has 150 valence electrons. The average Bonchev–Trinajstić information content (AvgIpc) is 2.68. The monoisotopic (exact) mass is 405 g/mol. The van der Waals surface area contributed by atoms with Crippen LogP contribution in [0.15, 0.2) is 53.4 Å². The number of sulfonamides is 1. The smallest absolute Gasteiger partial charge is 0.338 e. The Balaban J connectivity index is 1.94. The Morgan fingerprint density at radius 3 is 2.11 bits per heavy atom. The van der Waals surface area contributed by atoms with Crippen LogP contribution in [0.25, 0.3) is 0 Å². The van der Waals surface area contributed by atoms with Crippen LogP contribution in [0.3, 0.4) is 0 Å². The Hall–Kier alpha value is -2.91. The van der Waals surface area contributed by atoms with E-state index in [1.807, 2.05) is 0 Å². The van der Waals surface area contributed by atoms with Crippen LogP contribution in [0.5, 0.6) is 0 Å². The molecule has 0 aliphatic rings. The molecule has 0 aliphatic heterocycles. The molecular formula is C19H23N3O5S. The van der Waals surface area contributed by atoms with Crippen molar-refractivity contribution >= 4 is 33.3 Å². The summed E-state index contributed by atoms with van der Waals surface area (Å²) in [6.45, 7) is 3.80. The highest BCUT2D eigenvalue weighted by Gasteiger charge is 2.21. The van der Waals surface area contributed by atoms with Crippen molar-refractivity contribution in [1.82, 2.24) is 4.31 Å². The molecule has 0 heterocycles. The van der Waals surface area contributed by atoms with E-state index in [9.17, 15) is 18.0 Å². The first-order valence-electron chi connectivity index (χ1n) is 8.70. The number of hydrogen-bond acceptors (Lipinski definition) is 6. The van der Waals surface area contributed by atoms with Gasteiger partial charge in [-0.15, -0.1) is 0 Å². The summed E-state index contributed by atoms with van der Waals surface area (Å²) in [5, 5.41) is 2.55. The van der Waals surface area contributed by atoms with Gasteiger partial charge in [-0.1, -0.05) is 13.8 Å². The van der Waals surface area contributed by atoms with Crippen LogP contribution >= 0.6 is 0 Å². The standard InChI is InChI=1S/C19H23N3O5S/c1-3-22(4-2)28(25,26)17-11-9-16(10-12-17)21-18(23)13-27-19(24)14-5-7-15(20)8-6-14/h5-12H,3-4,13,20H2,1-2H3,(H,21,23). The van der Waals surface area contributed by atoms with E-state index in [-0.39, 0.29) is 10.5 Å². The molecule has 0 aliphatic carbocycles. The number of anilines is 2. The van der Waals surface area contributed by atoms with E-state index in [2.05, 4.69) is 5.32 Å². The second-order valence-corrected chi connectivity index (χ2v) is 7.80. The summed E-state index contributed by atoms with van der Waals surface area (Å²) in [6.07, 6.45) is 0. The topological polar surface area (TPSA) is 119 Å². The van der Waals surface area contributed by atoms with Gasteiger partial charge >= 0.3 is 5.97 Å². The van der Waals surface area contributed by atoms with Gasteiger partial charge in [0, 0.05) is 24.5 Å². The lowest BCUT2D eigenvalue weighted by Crippen LogP contribution is -2.30. The molecule has 1 amide bonds. The minimum Gasteiger partial charge on any atom is -0.452 e. The van der Waals surface area contributed by atoms with Crippen LogP contribution in [0.1, 0.15) is 24.2 Å². The van der Waals surface area contributed by atoms with E-state index < -0.39 is 28.5 Å². The van der Waals surface area contributed by atoms with Gasteiger partial charge in [0.05, 0.1) is 10.5 Å². The third-order valence-electron chi connectivity index (χ3n) is 3.96. The zero-order valence-corrected chi connectivity index (χ0v) is 16.5. The molecule has 0 radical (unpaired) electrons. The van der Waals surface area contributed by atoms with Crippen molar-refractivity contribution in [2.75, 3.05) is 30.7 Å². The second kappa shape index (κ2) is 9.34. The molecule has 2 rings (SSSR count). The Labute approximate surface area is 164 Å². The average molecular weight is 405 g/mol. The molecule has 0 spiro atoms. The van der Waals surface area contributed by atoms with Gasteiger partial charge in [0.2, 0.25) is 10.0 Å². The Kier molecular flexibility index (Phi) is 7.13. The van der Waals surface area contributed by atoms with E-state index in [0.717, 1.165) is 0 Å². The van der Waals surface area contributed by atoms with E-state index in [4.69, 9.17) is 10.5 Å². The number of carbonyl (C=O) groups excluding carboxylic acids is 2. The summed E-state index contributed by atoms with van der Waals surface area (Å²) >= 11 is 0. The van der Waals surface area contributed by atoms with Crippen LogP contribution in [-0.4, -0.2) is 44.3 Å². The van der Waals surface area contributed by atoms with E-state index in [0.29, 0.717) is 24.5 Å².